The summed E-state index contributed by atoms with van der Waals surface area (Å²) in [6.45, 7) is 31.4. The first kappa shape index (κ1) is 67.3. The van der Waals surface area contributed by atoms with Crippen molar-refractivity contribution in [2.75, 3.05) is 52.4 Å². The highest BCUT2D eigenvalue weighted by molar-refractivity contribution is 5.93. The fourth-order valence-electron chi connectivity index (χ4n) is 15.1. The smallest absolute Gasteiger partial charge is 0.410 e. The number of ketones is 1. The summed E-state index contributed by atoms with van der Waals surface area (Å²) < 4.78 is 40.2. The van der Waals surface area contributed by atoms with Gasteiger partial charge in [-0.2, -0.15) is 0 Å². The minimum Gasteiger partial charge on any atom is -0.504 e. The minimum absolute atomic E-state index is 0.0132. The van der Waals surface area contributed by atoms with E-state index in [1.165, 1.54) is 22.8 Å². The first-order valence-corrected chi connectivity index (χ1v) is 30.7. The number of alkyl carbamates (subject to hydrolysis) is 1. The Morgan fingerprint density at radius 2 is 1.31 bits per heavy atom. The zero-order chi connectivity index (χ0) is 62.7. The van der Waals surface area contributed by atoms with Crippen LogP contribution in [0.15, 0.2) is 27.4 Å². The summed E-state index contributed by atoms with van der Waals surface area (Å²) in [7, 11) is 0. The maximum atomic E-state index is 13.8. The lowest BCUT2D eigenvalue weighted by atomic mass is 9.43. The van der Waals surface area contributed by atoms with E-state index in [1.54, 1.807) is 88.0 Å². The van der Waals surface area contributed by atoms with Crippen LogP contribution in [0.4, 0.5) is 19.2 Å². The summed E-state index contributed by atoms with van der Waals surface area (Å²) in [5, 5.41) is 14.8. The number of hydrogen-bond donors (Lipinski definition) is 2. The van der Waals surface area contributed by atoms with Crippen molar-refractivity contribution in [2.24, 2.45) is 45.3 Å². The normalized spacial score (nSPS) is 27.6. The highest BCUT2D eigenvalue weighted by Gasteiger charge is 2.81. The molecule has 472 valence electrons. The Morgan fingerprint density at radius 3 is 1.87 bits per heavy atom. The van der Waals surface area contributed by atoms with E-state index in [-0.39, 0.29) is 96.2 Å². The average molecular weight is 1180 g/mol. The summed E-state index contributed by atoms with van der Waals surface area (Å²) in [5.41, 5.74) is -3.59. The van der Waals surface area contributed by atoms with Gasteiger partial charge in [0.25, 0.3) is 0 Å². The van der Waals surface area contributed by atoms with Crippen molar-refractivity contribution in [3.63, 3.8) is 0 Å². The number of amides is 4. The number of aromatic hydroxyl groups is 1. The van der Waals surface area contributed by atoms with Gasteiger partial charge in [0.1, 0.15) is 29.5 Å². The van der Waals surface area contributed by atoms with Gasteiger partial charge in [-0.25, -0.2) is 24.0 Å². The Bertz CT molecular complexity index is 2670. The van der Waals surface area contributed by atoms with Crippen molar-refractivity contribution in [1.82, 2.24) is 20.0 Å². The summed E-state index contributed by atoms with van der Waals surface area (Å²) in [6.07, 6.45) is 7.83. The van der Waals surface area contributed by atoms with E-state index in [0.717, 1.165) is 32.1 Å². The van der Waals surface area contributed by atoms with Gasteiger partial charge in [-0.15, -0.1) is 0 Å². The van der Waals surface area contributed by atoms with E-state index < -0.39 is 88.6 Å². The number of carbonyl (C=O) groups is 7. The molecule has 1 aromatic rings. The lowest BCUT2D eigenvalue weighted by Crippen LogP contribution is -2.55. The molecule has 0 aromatic carbocycles. The molecule has 11 unspecified atom stereocenters. The predicted octanol–water partition coefficient (Wildman–Crippen LogP) is 11.4. The predicted molar refractivity (Wildman–Crippen MR) is 314 cm³/mol. The number of hydrogen-bond acceptors (Lipinski definition) is 16. The highest BCUT2D eigenvalue weighted by Crippen LogP contribution is 2.87. The lowest BCUT2D eigenvalue weighted by Gasteiger charge is -2.60. The van der Waals surface area contributed by atoms with Crippen molar-refractivity contribution >= 4 is 42.1 Å². The summed E-state index contributed by atoms with van der Waals surface area (Å²) in [4.78, 5) is 110. The van der Waals surface area contributed by atoms with Gasteiger partial charge in [0, 0.05) is 81.5 Å². The van der Waals surface area contributed by atoms with Crippen LogP contribution in [0.2, 0.25) is 0 Å². The highest BCUT2D eigenvalue weighted by atomic mass is 16.6. The van der Waals surface area contributed by atoms with Crippen LogP contribution in [0.3, 0.4) is 0 Å². The number of nitrogens with zero attached hydrogens (tertiary/aromatic N) is 3. The third-order valence-corrected chi connectivity index (χ3v) is 18.8. The fraction of sp³-hybridized carbons (Fsp3) is 0.781. The van der Waals surface area contributed by atoms with Gasteiger partial charge in [0.2, 0.25) is 0 Å². The van der Waals surface area contributed by atoms with Crippen molar-refractivity contribution in [3.8, 4) is 5.75 Å². The number of rotatable bonds is 22. The van der Waals surface area contributed by atoms with Crippen LogP contribution in [0.25, 0.3) is 0 Å². The number of fused-ring (bicyclic) bond motifs is 2. The van der Waals surface area contributed by atoms with Crippen LogP contribution >= 0.6 is 0 Å². The van der Waals surface area contributed by atoms with Gasteiger partial charge in [-0.1, -0.05) is 40.7 Å². The first-order chi connectivity index (χ1) is 38.9. The molecule has 1 aromatic heterocycles. The topological polar surface area (TPSA) is 247 Å². The molecule has 2 spiro atoms. The summed E-state index contributed by atoms with van der Waals surface area (Å²) in [6, 6.07) is 1.20. The standard InChI is InChI=1S/C64H100N4O16/c1-39(2)79-54(74)65-28-20-31-66(55(75)82-58(7,8)9)29-18-19-30-67(56(76)83-59(10,11)12)32-21-33-68(57(77)84-60(13,14)15)36-50(72)78-37-40(3)44-34-49(71)81-53(52(44)73)42(5)51-47(80-43(6)69)35-62(17)48-23-22-45-41(4)46(70)24-25-63(45)38-64(48,63)27-26-61(51,62)16/h24-25,34,39-42,45,47-48,51,73H,18-23,26-33,35-38H2,1-17H3,(H,65,74). The molecule has 4 fully saturated rings. The zero-order valence-electron chi connectivity index (χ0n) is 53.5. The summed E-state index contributed by atoms with van der Waals surface area (Å²) in [5.74, 6) is -2.16. The number of allylic oxidation sites excluding steroid dienone is 2. The Labute approximate surface area is 498 Å². The van der Waals surface area contributed by atoms with Crippen LogP contribution in [0, 0.1) is 45.3 Å². The molecular formula is C64H100N4O16. The molecule has 4 amide bonds. The van der Waals surface area contributed by atoms with Crippen LogP contribution in [-0.2, 0) is 42.8 Å². The second-order valence-corrected chi connectivity index (χ2v) is 28.6. The molecule has 1 heterocycles. The molecule has 6 rings (SSSR count). The van der Waals surface area contributed by atoms with E-state index in [1.807, 2.05) is 13.0 Å². The Kier molecular flexibility index (Phi) is 20.9. The molecule has 5 aliphatic rings. The van der Waals surface area contributed by atoms with Gasteiger partial charge in [0.05, 0.1) is 12.7 Å². The van der Waals surface area contributed by atoms with Crippen LogP contribution < -0.4 is 10.9 Å². The van der Waals surface area contributed by atoms with E-state index in [9.17, 15) is 43.5 Å². The van der Waals surface area contributed by atoms with Crippen molar-refractivity contribution in [2.45, 2.75) is 223 Å². The minimum atomic E-state index is -0.917. The molecule has 4 saturated carbocycles. The second kappa shape index (κ2) is 26.0. The number of nitrogens with one attached hydrogen (secondary N) is 1. The van der Waals surface area contributed by atoms with Crippen LogP contribution in [0.1, 0.15) is 205 Å². The van der Waals surface area contributed by atoms with E-state index in [0.29, 0.717) is 50.6 Å². The molecule has 20 heteroatoms. The van der Waals surface area contributed by atoms with Crippen molar-refractivity contribution in [1.29, 1.82) is 0 Å². The molecular weight excluding hydrogens is 1080 g/mol. The largest absolute Gasteiger partial charge is 0.504 e. The Morgan fingerprint density at radius 1 is 0.762 bits per heavy atom. The number of carbonyl (C=O) groups excluding carboxylic acids is 7. The van der Waals surface area contributed by atoms with Gasteiger partial charge < -0.3 is 53.1 Å². The molecule has 0 saturated heterocycles. The third-order valence-electron chi connectivity index (χ3n) is 18.8. The summed E-state index contributed by atoms with van der Waals surface area (Å²) >= 11 is 0. The maximum absolute atomic E-state index is 13.8. The fourth-order valence-corrected chi connectivity index (χ4v) is 15.1. The monoisotopic (exact) mass is 1180 g/mol. The van der Waals surface area contributed by atoms with E-state index in [2.05, 4.69) is 32.2 Å². The number of ether oxygens (including phenoxy) is 6. The van der Waals surface area contributed by atoms with Gasteiger partial charge in [-0.3, -0.25) is 19.3 Å². The third kappa shape index (κ3) is 15.4. The van der Waals surface area contributed by atoms with Gasteiger partial charge >= 0.3 is 41.9 Å². The first-order valence-electron chi connectivity index (χ1n) is 30.7. The van der Waals surface area contributed by atoms with Crippen LogP contribution in [-0.4, -0.2) is 143 Å². The van der Waals surface area contributed by atoms with Crippen molar-refractivity contribution < 1.29 is 71.5 Å². The maximum Gasteiger partial charge on any atom is 0.410 e. The van der Waals surface area contributed by atoms with E-state index in [4.69, 9.17) is 32.8 Å². The van der Waals surface area contributed by atoms with Gasteiger partial charge in [0.15, 0.2) is 17.3 Å². The molecule has 20 nitrogen and oxygen atoms in total. The lowest BCUT2D eigenvalue weighted by molar-refractivity contribution is -0.150. The SMILES string of the molecule is CC(=O)OC1CC2(C)C3CCC4C(C)C(=O)C=CC45CC35CCC2(C)C1C(C)c1oc(=O)cc(C(C)COC(=O)CN(CCCN(CCCCN(CCCNC(=O)OC(C)C)C(=O)OC(C)(C)C)C(=O)OC(C)(C)C)C(=O)OC(C)(C)C)c1O. The molecule has 0 radical (unpaired) electrons. The molecule has 5 aliphatic carbocycles. The van der Waals surface area contributed by atoms with Crippen LogP contribution in [0.5, 0.6) is 5.75 Å². The molecule has 2 N–H and O–H groups in total. The molecule has 0 aliphatic heterocycles. The number of esters is 2. The number of unbranched alkanes of at least 4 members (excludes halogenated alkanes) is 1. The molecule has 0 bridgehead atoms. The average Bonchev–Trinajstić information content (AvgIpc) is 1.47. The van der Waals surface area contributed by atoms with E-state index >= 15 is 0 Å². The molecule has 11 atom stereocenters. The second-order valence-electron chi connectivity index (χ2n) is 28.6. The van der Waals surface area contributed by atoms with Crippen molar-refractivity contribution in [3.05, 3.63) is 40.0 Å². The Hall–Kier alpha value is -5.82. The zero-order valence-corrected chi connectivity index (χ0v) is 53.5. The Balaban J connectivity index is 1.11. The quantitative estimate of drug-likeness (QED) is 0.0622. The van der Waals surface area contributed by atoms with Gasteiger partial charge in [-0.05, 0) is 180 Å². The molecule has 84 heavy (non-hydrogen) atoms.